The molecule has 0 saturated heterocycles. The van der Waals surface area contributed by atoms with Gasteiger partial charge in [0.25, 0.3) is 5.91 Å². The second-order valence-corrected chi connectivity index (χ2v) is 6.39. The summed E-state index contributed by atoms with van der Waals surface area (Å²) in [6, 6.07) is 14.0. The van der Waals surface area contributed by atoms with E-state index in [1.165, 1.54) is 5.56 Å². The Morgan fingerprint density at radius 3 is 2.42 bits per heavy atom. The number of carbonyl (C=O) groups is 1. The van der Waals surface area contributed by atoms with Crippen LogP contribution in [0.15, 0.2) is 42.5 Å². The molecule has 2 aromatic carbocycles. The zero-order chi connectivity index (χ0) is 17.5. The summed E-state index contributed by atoms with van der Waals surface area (Å²) in [4.78, 5) is 12.1. The van der Waals surface area contributed by atoms with Gasteiger partial charge in [0.1, 0.15) is 5.75 Å². The monoisotopic (exact) mass is 345 g/mol. The van der Waals surface area contributed by atoms with Gasteiger partial charge < -0.3 is 10.1 Å². The lowest BCUT2D eigenvalue weighted by Gasteiger charge is -2.16. The van der Waals surface area contributed by atoms with Crippen LogP contribution < -0.4 is 10.1 Å². The molecule has 0 bridgehead atoms. The minimum atomic E-state index is -0.540. The molecule has 0 heterocycles. The molecule has 24 heavy (non-hydrogen) atoms. The van der Waals surface area contributed by atoms with Crippen molar-refractivity contribution in [2.75, 3.05) is 6.54 Å². The number of amides is 1. The predicted molar refractivity (Wildman–Crippen MR) is 98.8 cm³/mol. The van der Waals surface area contributed by atoms with E-state index in [9.17, 15) is 4.79 Å². The fourth-order valence-corrected chi connectivity index (χ4v) is 2.63. The summed E-state index contributed by atoms with van der Waals surface area (Å²) in [5.41, 5.74) is 3.17. The van der Waals surface area contributed by atoms with Gasteiger partial charge >= 0.3 is 0 Å². The van der Waals surface area contributed by atoms with Gasteiger partial charge in [-0.2, -0.15) is 0 Å². The van der Waals surface area contributed by atoms with Crippen LogP contribution in [0.3, 0.4) is 0 Å². The number of rotatable bonds is 7. The fraction of sp³-hybridized carbons (Fsp3) is 0.350. The Bertz CT molecular complexity index is 662. The third kappa shape index (κ3) is 5.27. The largest absolute Gasteiger partial charge is 0.481 e. The Morgan fingerprint density at radius 1 is 1.17 bits per heavy atom. The van der Waals surface area contributed by atoms with Crippen LogP contribution in [-0.2, 0) is 11.2 Å². The summed E-state index contributed by atoms with van der Waals surface area (Å²) in [5.74, 6) is 0.564. The van der Waals surface area contributed by atoms with Crippen LogP contribution in [0.1, 0.15) is 30.0 Å². The Balaban J connectivity index is 1.78. The second-order valence-electron chi connectivity index (χ2n) is 6.01. The fourth-order valence-electron chi connectivity index (χ4n) is 2.52. The number of ether oxygens (including phenoxy) is 1. The lowest BCUT2D eigenvalue weighted by atomic mass is 10.1. The first kappa shape index (κ1) is 18.3. The summed E-state index contributed by atoms with van der Waals surface area (Å²) in [5, 5.41) is 3.66. The molecule has 0 radical (unpaired) electrons. The molecule has 1 N–H and O–H groups in total. The molecule has 0 saturated carbocycles. The summed E-state index contributed by atoms with van der Waals surface area (Å²) in [6.45, 7) is 6.25. The third-order valence-corrected chi connectivity index (χ3v) is 4.47. The van der Waals surface area contributed by atoms with Crippen LogP contribution in [0.4, 0.5) is 0 Å². The Kier molecular flexibility index (Phi) is 6.68. The maximum Gasteiger partial charge on any atom is 0.260 e. The molecular weight excluding hydrogens is 322 g/mol. The number of hydrogen-bond acceptors (Lipinski definition) is 2. The van der Waals surface area contributed by atoms with Gasteiger partial charge in [-0.15, -0.1) is 0 Å². The van der Waals surface area contributed by atoms with Crippen molar-refractivity contribution in [2.45, 2.75) is 39.7 Å². The van der Waals surface area contributed by atoms with Crippen molar-refractivity contribution in [3.63, 3.8) is 0 Å². The van der Waals surface area contributed by atoms with Crippen LogP contribution in [0.2, 0.25) is 5.02 Å². The van der Waals surface area contributed by atoms with Crippen molar-refractivity contribution < 1.29 is 9.53 Å². The van der Waals surface area contributed by atoms with Gasteiger partial charge in [-0.3, -0.25) is 4.79 Å². The van der Waals surface area contributed by atoms with Gasteiger partial charge in [0, 0.05) is 11.6 Å². The molecule has 0 aliphatic carbocycles. The Hall–Kier alpha value is -2.00. The van der Waals surface area contributed by atoms with E-state index in [-0.39, 0.29) is 5.91 Å². The van der Waals surface area contributed by atoms with E-state index in [0.717, 1.165) is 29.0 Å². The summed E-state index contributed by atoms with van der Waals surface area (Å²) in [6.07, 6.45) is 1.31. The first-order valence-corrected chi connectivity index (χ1v) is 8.60. The molecule has 128 valence electrons. The number of aryl methyl sites for hydroxylation is 3. The van der Waals surface area contributed by atoms with Crippen LogP contribution in [0, 0.1) is 13.8 Å². The zero-order valence-electron chi connectivity index (χ0n) is 14.4. The lowest BCUT2D eigenvalue weighted by Crippen LogP contribution is -2.37. The quantitative estimate of drug-likeness (QED) is 0.752. The van der Waals surface area contributed by atoms with Gasteiger partial charge in [0.05, 0.1) is 0 Å². The molecule has 0 aliphatic heterocycles. The van der Waals surface area contributed by atoms with Crippen molar-refractivity contribution in [1.29, 1.82) is 0 Å². The highest BCUT2D eigenvalue weighted by molar-refractivity contribution is 6.32. The second kappa shape index (κ2) is 8.74. The number of nitrogens with one attached hydrogen (secondary N) is 1. The summed E-state index contributed by atoms with van der Waals surface area (Å²) in [7, 11) is 0. The smallest absolute Gasteiger partial charge is 0.260 e. The first-order chi connectivity index (χ1) is 11.5. The highest BCUT2D eigenvalue weighted by atomic mass is 35.5. The average Bonchev–Trinajstić information content (AvgIpc) is 2.57. The number of carbonyl (C=O) groups excluding carboxylic acids is 1. The molecule has 0 aromatic heterocycles. The maximum atomic E-state index is 12.1. The van der Waals surface area contributed by atoms with E-state index in [1.807, 2.05) is 44.2 Å². The molecule has 1 amide bonds. The molecule has 1 atom stereocenters. The normalized spacial score (nSPS) is 11.8. The van der Waals surface area contributed by atoms with Crippen molar-refractivity contribution in [3.8, 4) is 5.75 Å². The van der Waals surface area contributed by atoms with Gasteiger partial charge in [-0.25, -0.2) is 0 Å². The van der Waals surface area contributed by atoms with E-state index >= 15 is 0 Å². The van der Waals surface area contributed by atoms with Crippen LogP contribution >= 0.6 is 11.6 Å². The number of halogens is 1. The maximum absolute atomic E-state index is 12.1. The predicted octanol–water partition coefficient (Wildman–Crippen LogP) is 4.47. The molecule has 0 unspecified atom stereocenters. The average molecular weight is 346 g/mol. The molecule has 4 heteroatoms. The van der Waals surface area contributed by atoms with E-state index in [4.69, 9.17) is 16.3 Å². The molecular formula is C20H24ClNO2. The molecule has 0 fully saturated rings. The third-order valence-electron chi connectivity index (χ3n) is 3.88. The van der Waals surface area contributed by atoms with E-state index < -0.39 is 6.10 Å². The summed E-state index contributed by atoms with van der Waals surface area (Å²) < 4.78 is 5.74. The standard InChI is InChI=1S/C20H24ClNO2/c1-14-12-18(13-15(2)19(14)21)24-16(3)20(23)22-11-7-10-17-8-5-4-6-9-17/h4-6,8-9,12-13,16H,7,10-11H2,1-3H3,(H,22,23)/t16-/m0/s1. The molecule has 3 nitrogen and oxygen atoms in total. The van der Waals surface area contributed by atoms with Crippen LogP contribution in [0.5, 0.6) is 5.75 Å². The minimum absolute atomic E-state index is 0.103. The van der Waals surface area contributed by atoms with Crippen molar-refractivity contribution in [1.82, 2.24) is 5.32 Å². The first-order valence-electron chi connectivity index (χ1n) is 8.22. The van der Waals surface area contributed by atoms with Crippen molar-refractivity contribution in [3.05, 3.63) is 64.2 Å². The Morgan fingerprint density at radius 2 is 1.79 bits per heavy atom. The van der Waals surface area contributed by atoms with Crippen LogP contribution in [0.25, 0.3) is 0 Å². The van der Waals surface area contributed by atoms with Crippen molar-refractivity contribution >= 4 is 17.5 Å². The Labute approximate surface area is 149 Å². The topological polar surface area (TPSA) is 38.3 Å². The van der Waals surface area contributed by atoms with E-state index in [0.29, 0.717) is 12.3 Å². The molecule has 0 aliphatic rings. The van der Waals surface area contributed by atoms with Gasteiger partial charge in [-0.05, 0) is 62.4 Å². The summed E-state index contributed by atoms with van der Waals surface area (Å²) >= 11 is 6.15. The molecule has 2 aromatic rings. The SMILES string of the molecule is Cc1cc(O[C@@H](C)C(=O)NCCCc2ccccc2)cc(C)c1Cl. The number of hydrogen-bond donors (Lipinski definition) is 1. The lowest BCUT2D eigenvalue weighted by molar-refractivity contribution is -0.127. The van der Waals surface area contributed by atoms with Gasteiger partial charge in [0.15, 0.2) is 6.10 Å². The highest BCUT2D eigenvalue weighted by Crippen LogP contribution is 2.26. The molecule has 2 rings (SSSR count). The van der Waals surface area contributed by atoms with Gasteiger partial charge in [0.2, 0.25) is 0 Å². The number of benzene rings is 2. The minimum Gasteiger partial charge on any atom is -0.481 e. The van der Waals surface area contributed by atoms with Crippen LogP contribution in [-0.4, -0.2) is 18.6 Å². The van der Waals surface area contributed by atoms with E-state index in [1.54, 1.807) is 6.92 Å². The van der Waals surface area contributed by atoms with E-state index in [2.05, 4.69) is 17.4 Å². The van der Waals surface area contributed by atoms with Gasteiger partial charge in [-0.1, -0.05) is 41.9 Å². The zero-order valence-corrected chi connectivity index (χ0v) is 15.2. The molecule has 0 spiro atoms. The highest BCUT2D eigenvalue weighted by Gasteiger charge is 2.15. The van der Waals surface area contributed by atoms with Crippen molar-refractivity contribution in [2.24, 2.45) is 0 Å².